The number of ether oxygens (including phenoxy) is 3. The molecule has 5 aliphatic rings. The molecular weight excluding hydrogens is 1230 g/mol. The van der Waals surface area contributed by atoms with E-state index in [1.807, 2.05) is 18.7 Å². The van der Waals surface area contributed by atoms with E-state index in [4.69, 9.17) is 19.2 Å². The first-order chi connectivity index (χ1) is 44.2. The molecule has 0 bridgehead atoms. The number of hydrogen-bond acceptors (Lipinski definition) is 19. The number of benzene rings is 2. The quantitative estimate of drug-likeness (QED) is 0.0199. The van der Waals surface area contributed by atoms with E-state index in [1.54, 1.807) is 55.1 Å². The van der Waals surface area contributed by atoms with E-state index < -0.39 is 88.1 Å². The SMILES string of the molecule is C=C1OC(=O)C2=C(C=C3c4nc5cc(F)c(C)c6c5c(c4CN3C2)[C@@H](NC(=O)COCN(CCS(C)(=O)=O)C(=O)OCc2ccc(NC(=O)[C@H](C)NC(=O)[C@@H](CC(=O)CCCn3cc(CNC(=O)CCCCCN4C(=O)C=CC4=O)nn3)C(C)C)cc2)CC6)[C@@]1(O)CC. The van der Waals surface area contributed by atoms with Gasteiger partial charge in [0.25, 0.3) is 11.8 Å². The smallest absolute Gasteiger partial charge is 0.411 e. The summed E-state index contributed by atoms with van der Waals surface area (Å²) in [5, 5.41) is 31.9. The molecule has 93 heavy (non-hydrogen) atoms. The topological polar surface area (TPSA) is 337 Å². The summed E-state index contributed by atoms with van der Waals surface area (Å²) in [5.74, 6) is -5.03. The number of carbonyl (C=O) groups excluding carboxylic acids is 9. The number of cyclic esters (lactones) is 1. The summed E-state index contributed by atoms with van der Waals surface area (Å²) in [5.41, 5.74) is 4.63. The van der Waals surface area contributed by atoms with Gasteiger partial charge in [-0.15, -0.1) is 5.10 Å². The molecule has 2 aromatic heterocycles. The summed E-state index contributed by atoms with van der Waals surface area (Å²) < 4.78 is 58.3. The van der Waals surface area contributed by atoms with Gasteiger partial charge in [0, 0.05) is 98.0 Å². The van der Waals surface area contributed by atoms with Gasteiger partial charge in [0.15, 0.2) is 0 Å². The fourth-order valence-electron chi connectivity index (χ4n) is 12.0. The number of nitrogens with one attached hydrogen (secondary N) is 4. The number of unbranched alkanes of at least 4 members (excludes halogenated alkanes) is 2. The van der Waals surface area contributed by atoms with Crippen LogP contribution in [0.1, 0.15) is 131 Å². The van der Waals surface area contributed by atoms with Crippen molar-refractivity contribution in [3.05, 3.63) is 123 Å². The summed E-state index contributed by atoms with van der Waals surface area (Å²) in [6, 6.07) is 6.08. The van der Waals surface area contributed by atoms with Crippen LogP contribution in [0.15, 0.2) is 78.2 Å². The van der Waals surface area contributed by atoms with E-state index in [9.17, 15) is 56.7 Å². The van der Waals surface area contributed by atoms with E-state index in [0.29, 0.717) is 102 Å². The number of fused-ring (bicyclic) bond motifs is 4. The third kappa shape index (κ3) is 16.3. The second-order valence-electron chi connectivity index (χ2n) is 24.4. The lowest BCUT2D eigenvalue weighted by atomic mass is 9.81. The molecule has 0 saturated heterocycles. The van der Waals surface area contributed by atoms with Crippen molar-refractivity contribution in [3.63, 3.8) is 0 Å². The van der Waals surface area contributed by atoms with Crippen LogP contribution in [0.4, 0.5) is 14.9 Å². The van der Waals surface area contributed by atoms with Gasteiger partial charge in [-0.3, -0.25) is 48.0 Å². The van der Waals surface area contributed by atoms with E-state index in [1.165, 1.54) is 30.0 Å². The van der Waals surface area contributed by atoms with Gasteiger partial charge in [-0.05, 0) is 98.8 Å². The van der Waals surface area contributed by atoms with Crippen molar-refractivity contribution >= 4 is 85.4 Å². The first-order valence-electron chi connectivity index (χ1n) is 31.1. The number of imide groups is 1. The first-order valence-corrected chi connectivity index (χ1v) is 33.1. The van der Waals surface area contributed by atoms with Crippen molar-refractivity contribution in [3.8, 4) is 0 Å². The van der Waals surface area contributed by atoms with E-state index >= 15 is 4.39 Å². The number of Topliss-reactive ketones (excluding diaryl/α,β-unsaturated/α-hetero) is 1. The summed E-state index contributed by atoms with van der Waals surface area (Å²) in [6.07, 6.45) is 9.61. The molecule has 5 N–H and O–H groups in total. The number of hydrogen-bond donors (Lipinski definition) is 5. The lowest BCUT2D eigenvalue weighted by molar-refractivity contribution is -0.140. The van der Waals surface area contributed by atoms with Crippen LogP contribution >= 0.6 is 0 Å². The molecule has 7 amide bonds. The fourth-order valence-corrected chi connectivity index (χ4v) is 12.5. The minimum atomic E-state index is -3.58. The van der Waals surface area contributed by atoms with E-state index in [2.05, 4.69) is 38.2 Å². The highest BCUT2D eigenvalue weighted by Crippen LogP contribution is 2.49. The number of amides is 7. The van der Waals surface area contributed by atoms with E-state index in [0.717, 1.165) is 27.8 Å². The molecule has 26 nitrogen and oxygen atoms in total. The van der Waals surface area contributed by atoms with Crippen LogP contribution in [0.5, 0.6) is 0 Å². The highest BCUT2D eigenvalue weighted by atomic mass is 32.2. The number of rotatable bonds is 30. The van der Waals surface area contributed by atoms with Gasteiger partial charge in [0.2, 0.25) is 23.6 Å². The maximum absolute atomic E-state index is 15.5. The summed E-state index contributed by atoms with van der Waals surface area (Å²) in [7, 11) is -3.58. The predicted octanol–water partition coefficient (Wildman–Crippen LogP) is 4.97. The average molecular weight is 1300 g/mol. The van der Waals surface area contributed by atoms with E-state index in [-0.39, 0.29) is 99.2 Å². The highest BCUT2D eigenvalue weighted by Gasteiger charge is 2.47. The van der Waals surface area contributed by atoms with Crippen LogP contribution in [0.3, 0.4) is 0 Å². The summed E-state index contributed by atoms with van der Waals surface area (Å²) >= 11 is 0. The molecule has 9 rings (SSSR count). The van der Waals surface area contributed by atoms with Crippen LogP contribution in [-0.2, 0) is 95.1 Å². The van der Waals surface area contributed by atoms with Gasteiger partial charge < -0.3 is 45.5 Å². The zero-order chi connectivity index (χ0) is 67.1. The molecule has 1 aliphatic carbocycles. The number of pyridine rings is 1. The lowest BCUT2D eigenvalue weighted by Gasteiger charge is -2.39. The Morgan fingerprint density at radius 3 is 2.41 bits per heavy atom. The third-order valence-electron chi connectivity index (χ3n) is 17.4. The number of halogens is 1. The second kappa shape index (κ2) is 29.3. The lowest BCUT2D eigenvalue weighted by Crippen LogP contribution is -2.45. The summed E-state index contributed by atoms with van der Waals surface area (Å²) in [6.45, 7) is 12.0. The number of aliphatic hydroxyl groups is 1. The Morgan fingerprint density at radius 1 is 0.957 bits per heavy atom. The predicted molar refractivity (Wildman–Crippen MR) is 335 cm³/mol. The molecule has 4 atom stereocenters. The van der Waals surface area contributed by atoms with Gasteiger partial charge in [-0.2, -0.15) is 0 Å². The largest absolute Gasteiger partial charge is 0.444 e. The molecule has 2 aromatic carbocycles. The minimum Gasteiger partial charge on any atom is -0.444 e. The number of ketones is 1. The van der Waals surface area contributed by atoms with Gasteiger partial charge >= 0.3 is 12.1 Å². The molecule has 28 heteroatoms. The molecule has 0 fully saturated rings. The maximum Gasteiger partial charge on any atom is 0.411 e. The number of nitrogens with zero attached hydrogens (tertiary/aromatic N) is 7. The van der Waals surface area contributed by atoms with Crippen LogP contribution < -0.4 is 21.3 Å². The van der Waals surface area contributed by atoms with Gasteiger partial charge in [-0.25, -0.2) is 27.4 Å². The molecular formula is C65H78FN11O15S. The number of aryl methyl sites for hydroxylation is 2. The molecule has 0 radical (unpaired) electrons. The molecule has 0 saturated carbocycles. The zero-order valence-electron chi connectivity index (χ0n) is 52.9. The van der Waals surface area contributed by atoms with Crippen LogP contribution in [0.25, 0.3) is 16.6 Å². The first kappa shape index (κ1) is 68.3. The summed E-state index contributed by atoms with van der Waals surface area (Å²) in [4.78, 5) is 125. The van der Waals surface area contributed by atoms with Crippen molar-refractivity contribution in [2.75, 3.05) is 50.3 Å². The second-order valence-corrected chi connectivity index (χ2v) is 26.7. The van der Waals surface area contributed by atoms with Crippen LogP contribution in [0.2, 0.25) is 0 Å². The van der Waals surface area contributed by atoms with Gasteiger partial charge in [-0.1, -0.05) is 51.1 Å². The molecule has 0 spiro atoms. The van der Waals surface area contributed by atoms with Gasteiger partial charge in [0.1, 0.15) is 64.5 Å². The Morgan fingerprint density at radius 2 is 1.70 bits per heavy atom. The van der Waals surface area contributed by atoms with Gasteiger partial charge in [0.05, 0.1) is 53.6 Å². The van der Waals surface area contributed by atoms with Crippen molar-refractivity contribution < 1.29 is 75.3 Å². The monoisotopic (exact) mass is 1300 g/mol. The highest BCUT2D eigenvalue weighted by molar-refractivity contribution is 7.90. The maximum atomic E-state index is 15.5. The average Bonchev–Trinajstić information content (AvgIpc) is 1.66. The zero-order valence-corrected chi connectivity index (χ0v) is 53.8. The number of esters is 1. The third-order valence-corrected chi connectivity index (χ3v) is 18.3. The van der Waals surface area contributed by atoms with Crippen LogP contribution in [0, 0.1) is 24.6 Å². The molecule has 0 unspecified atom stereocenters. The molecule has 6 heterocycles. The van der Waals surface area contributed by atoms with Crippen molar-refractivity contribution in [1.29, 1.82) is 0 Å². The van der Waals surface area contributed by atoms with Crippen molar-refractivity contribution in [2.45, 2.75) is 143 Å². The Balaban J connectivity index is 0.713. The number of anilines is 1. The van der Waals surface area contributed by atoms with Crippen LogP contribution in [-0.4, -0.2) is 158 Å². The fraction of sp³-hybridized carbons (Fsp3) is 0.477. The number of aromatic nitrogens is 4. The molecule has 4 aliphatic heterocycles. The number of sulfone groups is 1. The molecule has 4 aromatic rings. The minimum absolute atomic E-state index is 0.0437. The van der Waals surface area contributed by atoms with Crippen molar-refractivity contribution in [1.82, 2.24) is 50.6 Å². The molecule has 496 valence electrons. The number of carbonyl (C=O) groups is 9. The Bertz CT molecular complexity index is 3860. The van der Waals surface area contributed by atoms with Crippen molar-refractivity contribution in [2.24, 2.45) is 11.8 Å². The standard InChI is InChI=1S/C65H78FN11O15S/c1-8-65(87)40(6)92-63(85)47-32-75-33-48-59-51(20-19-45-38(4)50(66)29-52(58(45)59)71-60(48)53(75)28-49(47)65)70-55(80)35-90-36-74(25-26-93(7,88)89)64(86)91-34-41-15-17-42(18-16-41)69-61(83)39(5)68-62(84)46(37(2)3)27-44(78)13-12-23-76-31-43(72-73-76)30-67-54(79)14-10-9-11-24-77-56(81)21-22-57(77)82/h15-18,21-22,28-29,31,37,39,46,51,87H,6,8-14,19-20,23-27,30,32-36H2,1-5,7H3,(H,67,79)(H,68,84)(H,69,83)(H,70,80)/t39-,46-,51-,65+/m0/s1. The Kier molecular flexibility index (Phi) is 21.5. The Labute approximate surface area is 537 Å². The Hall–Kier alpha value is -9.02. The normalized spacial score (nSPS) is 18.0.